The lowest BCUT2D eigenvalue weighted by Gasteiger charge is -2.25. The van der Waals surface area contributed by atoms with E-state index in [1.165, 1.54) is 42.5 Å². The van der Waals surface area contributed by atoms with Crippen LogP contribution in [-0.4, -0.2) is 41.0 Å². The minimum atomic E-state index is -4.99. The molecule has 7 nitrogen and oxygen atoms in total. The van der Waals surface area contributed by atoms with Crippen molar-refractivity contribution in [1.82, 2.24) is 0 Å². The highest BCUT2D eigenvalue weighted by Gasteiger charge is 2.42. The highest BCUT2D eigenvalue weighted by molar-refractivity contribution is 9.10. The second kappa shape index (κ2) is 9.63. The summed E-state index contributed by atoms with van der Waals surface area (Å²) in [6.07, 6.45) is -4.99. The Kier molecular flexibility index (Phi) is 7.08. The maximum atomic E-state index is 13.7. The topological polar surface area (TPSA) is 104 Å². The molecular weight excluding hydrogens is 531 g/mol. The van der Waals surface area contributed by atoms with Gasteiger partial charge in [0.2, 0.25) is 0 Å². The zero-order valence-corrected chi connectivity index (χ0v) is 18.7. The van der Waals surface area contributed by atoms with Gasteiger partial charge in [-0.1, -0.05) is 30.3 Å². The summed E-state index contributed by atoms with van der Waals surface area (Å²) in [6.45, 7) is -0.800. The summed E-state index contributed by atoms with van der Waals surface area (Å²) in [5.41, 5.74) is -0.422. The van der Waals surface area contributed by atoms with Crippen molar-refractivity contribution in [2.24, 2.45) is 0 Å². The number of hydrogen-bond donors (Lipinski definition) is 2. The average Bonchev–Trinajstić information content (AvgIpc) is 3.08. The molecule has 1 heterocycles. The van der Waals surface area contributed by atoms with Gasteiger partial charge in [-0.05, 0) is 45.8 Å². The number of para-hydroxylation sites is 1. The number of nitrogens with zero attached hydrogens (tertiary/aromatic N) is 1. The standard InChI is InChI=1S/C21H13BrF3NO6S/c22-15-16(32-10-14(27)28)18(20(30)31)33-17(15)11-5-4-6-12(9-11)19(29)26(21(23,24)25)13-7-2-1-3-8-13/h1-9H,10H2,(H,27,28)(H,30,31). The van der Waals surface area contributed by atoms with E-state index in [0.29, 0.717) is 0 Å². The number of ether oxygens (including phenoxy) is 1. The zero-order chi connectivity index (χ0) is 24.3. The molecule has 0 saturated heterocycles. The highest BCUT2D eigenvalue weighted by atomic mass is 79.9. The smallest absolute Gasteiger partial charge is 0.479 e. The Labute approximate surface area is 196 Å². The number of benzene rings is 2. The van der Waals surface area contributed by atoms with E-state index < -0.39 is 30.8 Å². The third-order valence-electron chi connectivity index (χ3n) is 4.19. The first-order chi connectivity index (χ1) is 15.5. The normalized spacial score (nSPS) is 11.2. The lowest BCUT2D eigenvalue weighted by molar-refractivity contribution is -0.139. The summed E-state index contributed by atoms with van der Waals surface area (Å²) in [7, 11) is 0. The maximum absolute atomic E-state index is 13.7. The number of rotatable bonds is 7. The van der Waals surface area contributed by atoms with E-state index in [-0.39, 0.29) is 41.7 Å². The molecule has 12 heteroatoms. The Morgan fingerprint density at radius 1 is 1.03 bits per heavy atom. The number of aliphatic carboxylic acids is 1. The molecule has 0 fully saturated rings. The molecule has 0 spiro atoms. The van der Waals surface area contributed by atoms with E-state index in [0.717, 1.165) is 23.5 Å². The molecule has 3 rings (SSSR count). The number of alkyl halides is 3. The first-order valence-corrected chi connectivity index (χ1v) is 10.6. The second-order valence-electron chi connectivity index (χ2n) is 6.42. The minimum absolute atomic E-state index is 0.103. The molecule has 2 aromatic carbocycles. The number of thiophene rings is 1. The summed E-state index contributed by atoms with van der Waals surface area (Å²) in [5.74, 6) is -4.27. The van der Waals surface area contributed by atoms with E-state index in [4.69, 9.17) is 9.84 Å². The van der Waals surface area contributed by atoms with E-state index in [2.05, 4.69) is 15.9 Å². The Morgan fingerprint density at radius 3 is 2.27 bits per heavy atom. The SMILES string of the molecule is O=C(O)COc1c(C(=O)O)sc(-c2cccc(C(=O)N(c3ccccc3)C(F)(F)F)c2)c1Br. The Balaban J connectivity index is 2.05. The van der Waals surface area contributed by atoms with Crippen LogP contribution in [0.25, 0.3) is 10.4 Å². The summed E-state index contributed by atoms with van der Waals surface area (Å²) >= 11 is 3.89. The predicted molar refractivity (Wildman–Crippen MR) is 117 cm³/mol. The number of anilines is 1. The van der Waals surface area contributed by atoms with Crippen LogP contribution in [0.5, 0.6) is 5.75 Å². The van der Waals surface area contributed by atoms with Crippen molar-refractivity contribution < 1.29 is 42.5 Å². The molecule has 172 valence electrons. The van der Waals surface area contributed by atoms with Gasteiger partial charge in [0, 0.05) is 5.56 Å². The number of carboxylic acid groups (broad SMARTS) is 2. The molecule has 1 amide bonds. The molecule has 1 aromatic heterocycles. The number of carbonyl (C=O) groups is 3. The van der Waals surface area contributed by atoms with Gasteiger partial charge in [0.1, 0.15) is 0 Å². The fraction of sp³-hybridized carbons (Fsp3) is 0.0952. The van der Waals surface area contributed by atoms with Gasteiger partial charge in [-0.15, -0.1) is 24.5 Å². The van der Waals surface area contributed by atoms with Crippen molar-refractivity contribution >= 4 is 50.8 Å². The lowest BCUT2D eigenvalue weighted by atomic mass is 10.1. The van der Waals surface area contributed by atoms with Crippen molar-refractivity contribution in [3.63, 3.8) is 0 Å². The second-order valence-corrected chi connectivity index (χ2v) is 8.23. The fourth-order valence-electron chi connectivity index (χ4n) is 2.86. The molecular formula is C21H13BrF3NO6S. The van der Waals surface area contributed by atoms with Gasteiger partial charge in [0.15, 0.2) is 17.2 Å². The molecule has 0 aliphatic carbocycles. The van der Waals surface area contributed by atoms with Crippen LogP contribution < -0.4 is 9.64 Å². The lowest BCUT2D eigenvalue weighted by Crippen LogP contribution is -2.43. The van der Waals surface area contributed by atoms with Crippen LogP contribution in [0.4, 0.5) is 18.9 Å². The summed E-state index contributed by atoms with van der Waals surface area (Å²) in [6, 6.07) is 11.8. The molecule has 0 bridgehead atoms. The molecule has 0 radical (unpaired) electrons. The van der Waals surface area contributed by atoms with E-state index in [1.807, 2.05) is 0 Å². The number of halogens is 4. The van der Waals surface area contributed by atoms with E-state index >= 15 is 0 Å². The molecule has 3 aromatic rings. The molecule has 0 atom stereocenters. The molecule has 0 aliphatic heterocycles. The first-order valence-electron chi connectivity index (χ1n) is 8.97. The van der Waals surface area contributed by atoms with Crippen LogP contribution >= 0.6 is 27.3 Å². The maximum Gasteiger partial charge on any atom is 0.491 e. The molecule has 2 N–H and O–H groups in total. The van der Waals surface area contributed by atoms with E-state index in [1.54, 1.807) is 0 Å². The molecule has 0 saturated carbocycles. The first kappa shape index (κ1) is 24.3. The third-order valence-corrected chi connectivity index (χ3v) is 6.41. The minimum Gasteiger partial charge on any atom is -0.479 e. The predicted octanol–water partition coefficient (Wildman–Crippen LogP) is 5.51. The molecule has 0 unspecified atom stereocenters. The third kappa shape index (κ3) is 5.34. The summed E-state index contributed by atoms with van der Waals surface area (Å²) in [4.78, 5) is 34.8. The van der Waals surface area contributed by atoms with Crippen LogP contribution in [-0.2, 0) is 4.79 Å². The van der Waals surface area contributed by atoms with Crippen LogP contribution in [0.3, 0.4) is 0 Å². The quantitative estimate of drug-likeness (QED) is 0.381. The summed E-state index contributed by atoms with van der Waals surface area (Å²) < 4.78 is 46.3. The Morgan fingerprint density at radius 2 is 1.70 bits per heavy atom. The molecule has 33 heavy (non-hydrogen) atoms. The number of aromatic carboxylic acids is 1. The number of hydrogen-bond acceptors (Lipinski definition) is 5. The van der Waals surface area contributed by atoms with Crippen molar-refractivity contribution in [2.75, 3.05) is 11.5 Å². The van der Waals surface area contributed by atoms with Gasteiger partial charge in [0.05, 0.1) is 15.0 Å². The summed E-state index contributed by atoms with van der Waals surface area (Å²) in [5, 5.41) is 18.2. The van der Waals surface area contributed by atoms with Gasteiger partial charge in [-0.2, -0.15) is 0 Å². The van der Waals surface area contributed by atoms with Crippen LogP contribution in [0, 0.1) is 0 Å². The fourth-order valence-corrected chi connectivity index (χ4v) is 4.75. The molecule has 0 aliphatic rings. The Bertz CT molecular complexity index is 1210. The van der Waals surface area contributed by atoms with Crippen LogP contribution in [0.1, 0.15) is 20.0 Å². The van der Waals surface area contributed by atoms with E-state index in [9.17, 15) is 32.7 Å². The van der Waals surface area contributed by atoms with Gasteiger partial charge in [0.25, 0.3) is 5.91 Å². The van der Waals surface area contributed by atoms with Crippen molar-refractivity contribution in [3.8, 4) is 16.2 Å². The van der Waals surface area contributed by atoms with Crippen molar-refractivity contribution in [1.29, 1.82) is 0 Å². The number of carbonyl (C=O) groups excluding carboxylic acids is 1. The largest absolute Gasteiger partial charge is 0.491 e. The van der Waals surface area contributed by atoms with Crippen LogP contribution in [0.2, 0.25) is 0 Å². The number of carboxylic acids is 2. The monoisotopic (exact) mass is 543 g/mol. The van der Waals surface area contributed by atoms with Gasteiger partial charge in [-0.25, -0.2) is 14.5 Å². The van der Waals surface area contributed by atoms with Gasteiger partial charge in [-0.3, -0.25) is 4.79 Å². The number of amides is 1. The Hall–Kier alpha value is -3.38. The zero-order valence-electron chi connectivity index (χ0n) is 16.3. The van der Waals surface area contributed by atoms with Crippen LogP contribution in [0.15, 0.2) is 59.1 Å². The highest BCUT2D eigenvalue weighted by Crippen LogP contribution is 2.46. The van der Waals surface area contributed by atoms with Gasteiger partial charge < -0.3 is 14.9 Å². The van der Waals surface area contributed by atoms with Crippen molar-refractivity contribution in [2.45, 2.75) is 6.30 Å². The average molecular weight is 544 g/mol. The van der Waals surface area contributed by atoms with Crippen molar-refractivity contribution in [3.05, 3.63) is 69.5 Å². The van der Waals surface area contributed by atoms with Gasteiger partial charge >= 0.3 is 18.2 Å².